The Morgan fingerprint density at radius 3 is 2.88 bits per heavy atom. The van der Waals surface area contributed by atoms with E-state index in [0.29, 0.717) is 5.56 Å². The first-order chi connectivity index (χ1) is 8.22. The van der Waals surface area contributed by atoms with E-state index in [1.54, 1.807) is 6.07 Å². The van der Waals surface area contributed by atoms with Crippen molar-refractivity contribution < 1.29 is 10.0 Å². The SMILES string of the molecule is N/C(=N/O)C(NC(=O)c1ccnnc1)C1CC1. The van der Waals surface area contributed by atoms with Crippen molar-refractivity contribution in [1.29, 1.82) is 0 Å². The molecule has 1 atom stereocenters. The number of nitrogens with zero attached hydrogens (tertiary/aromatic N) is 3. The molecule has 17 heavy (non-hydrogen) atoms. The van der Waals surface area contributed by atoms with E-state index in [0.717, 1.165) is 12.8 Å². The lowest BCUT2D eigenvalue weighted by molar-refractivity contribution is 0.0942. The Morgan fingerprint density at radius 1 is 1.59 bits per heavy atom. The van der Waals surface area contributed by atoms with Crippen molar-refractivity contribution in [2.45, 2.75) is 18.9 Å². The number of hydrogen-bond donors (Lipinski definition) is 3. The average Bonchev–Trinajstić information content (AvgIpc) is 3.20. The zero-order valence-corrected chi connectivity index (χ0v) is 9.08. The van der Waals surface area contributed by atoms with Gasteiger partial charge in [0.2, 0.25) is 0 Å². The van der Waals surface area contributed by atoms with E-state index >= 15 is 0 Å². The van der Waals surface area contributed by atoms with Gasteiger partial charge in [0.1, 0.15) is 0 Å². The van der Waals surface area contributed by atoms with Gasteiger partial charge >= 0.3 is 0 Å². The summed E-state index contributed by atoms with van der Waals surface area (Å²) in [5.74, 6) is -0.0177. The van der Waals surface area contributed by atoms with Gasteiger partial charge in [-0.15, -0.1) is 0 Å². The summed E-state index contributed by atoms with van der Waals surface area (Å²) in [6.45, 7) is 0. The van der Waals surface area contributed by atoms with Gasteiger partial charge in [-0.05, 0) is 24.8 Å². The minimum absolute atomic E-state index is 0.0304. The number of oxime groups is 1. The van der Waals surface area contributed by atoms with Gasteiger partial charge in [-0.25, -0.2) is 0 Å². The van der Waals surface area contributed by atoms with Crippen LogP contribution in [0.15, 0.2) is 23.6 Å². The summed E-state index contributed by atoms with van der Waals surface area (Å²) < 4.78 is 0. The van der Waals surface area contributed by atoms with Crippen LogP contribution >= 0.6 is 0 Å². The minimum Gasteiger partial charge on any atom is -0.409 e. The number of aromatic nitrogens is 2. The Labute approximate surface area is 97.7 Å². The van der Waals surface area contributed by atoms with E-state index in [-0.39, 0.29) is 17.7 Å². The molecule has 1 fully saturated rings. The van der Waals surface area contributed by atoms with Crippen molar-refractivity contribution in [1.82, 2.24) is 15.5 Å². The molecule has 1 aromatic heterocycles. The fourth-order valence-corrected chi connectivity index (χ4v) is 1.57. The van der Waals surface area contributed by atoms with E-state index in [2.05, 4.69) is 20.7 Å². The summed E-state index contributed by atoms with van der Waals surface area (Å²) >= 11 is 0. The summed E-state index contributed by atoms with van der Waals surface area (Å²) in [5, 5.41) is 21.5. The average molecular weight is 235 g/mol. The van der Waals surface area contributed by atoms with Crippen molar-refractivity contribution >= 4 is 11.7 Å². The van der Waals surface area contributed by atoms with E-state index in [4.69, 9.17) is 10.9 Å². The number of hydrogen-bond acceptors (Lipinski definition) is 5. The summed E-state index contributed by atoms with van der Waals surface area (Å²) in [4.78, 5) is 11.8. The van der Waals surface area contributed by atoms with Crippen LogP contribution in [-0.4, -0.2) is 33.2 Å². The molecule has 0 bridgehead atoms. The van der Waals surface area contributed by atoms with Crippen LogP contribution in [0, 0.1) is 5.92 Å². The second kappa shape index (κ2) is 4.77. The zero-order valence-electron chi connectivity index (χ0n) is 9.08. The predicted octanol–water partition coefficient (Wildman–Crippen LogP) is -0.269. The van der Waals surface area contributed by atoms with Crippen molar-refractivity contribution in [2.75, 3.05) is 0 Å². The molecule has 1 unspecified atom stereocenters. The van der Waals surface area contributed by atoms with Gasteiger partial charge in [-0.3, -0.25) is 4.79 Å². The highest BCUT2D eigenvalue weighted by Gasteiger charge is 2.35. The Hall–Kier alpha value is -2.18. The summed E-state index contributed by atoms with van der Waals surface area (Å²) in [5.41, 5.74) is 5.94. The van der Waals surface area contributed by atoms with Gasteiger partial charge in [0, 0.05) is 0 Å². The molecule has 1 heterocycles. The molecule has 2 rings (SSSR count). The predicted molar refractivity (Wildman–Crippen MR) is 59.4 cm³/mol. The van der Waals surface area contributed by atoms with E-state index in [1.165, 1.54) is 12.4 Å². The van der Waals surface area contributed by atoms with E-state index in [1.807, 2.05) is 0 Å². The summed E-state index contributed by atoms with van der Waals surface area (Å²) in [7, 11) is 0. The van der Waals surface area contributed by atoms with Gasteiger partial charge in [0.15, 0.2) is 5.84 Å². The van der Waals surface area contributed by atoms with Crippen molar-refractivity contribution in [2.24, 2.45) is 16.8 Å². The maximum atomic E-state index is 11.8. The molecule has 1 amide bonds. The van der Waals surface area contributed by atoms with Crippen LogP contribution in [0.25, 0.3) is 0 Å². The standard InChI is InChI=1S/C10H13N5O2/c11-9(15-17)8(6-1-2-6)14-10(16)7-3-4-12-13-5-7/h3-6,8,17H,1-2H2,(H2,11,15)(H,14,16). The van der Waals surface area contributed by atoms with Gasteiger partial charge in [0.25, 0.3) is 5.91 Å². The lowest BCUT2D eigenvalue weighted by Crippen LogP contribution is -2.46. The monoisotopic (exact) mass is 235 g/mol. The maximum absolute atomic E-state index is 11.8. The fourth-order valence-electron chi connectivity index (χ4n) is 1.57. The van der Waals surface area contributed by atoms with Crippen LogP contribution in [0.2, 0.25) is 0 Å². The third-order valence-electron chi connectivity index (χ3n) is 2.66. The van der Waals surface area contributed by atoms with Crippen molar-refractivity contribution in [3.05, 3.63) is 24.0 Å². The van der Waals surface area contributed by atoms with Gasteiger partial charge in [-0.2, -0.15) is 10.2 Å². The molecular formula is C10H13N5O2. The highest BCUT2D eigenvalue weighted by molar-refractivity contribution is 5.98. The van der Waals surface area contributed by atoms with Gasteiger partial charge in [-0.1, -0.05) is 5.16 Å². The highest BCUT2D eigenvalue weighted by atomic mass is 16.4. The Bertz CT molecular complexity index is 430. The first kappa shape index (κ1) is 11.3. The van der Waals surface area contributed by atoms with Gasteiger partial charge in [0.05, 0.1) is 24.0 Å². The molecule has 0 saturated heterocycles. The zero-order chi connectivity index (χ0) is 12.3. The molecule has 1 aliphatic carbocycles. The number of amides is 1. The summed E-state index contributed by atoms with van der Waals surface area (Å²) in [6.07, 6.45) is 4.74. The molecule has 7 heteroatoms. The van der Waals surface area contributed by atoms with Crippen LogP contribution < -0.4 is 11.1 Å². The second-order valence-corrected chi connectivity index (χ2v) is 3.94. The van der Waals surface area contributed by atoms with Crippen LogP contribution in [0.3, 0.4) is 0 Å². The molecule has 4 N–H and O–H groups in total. The quantitative estimate of drug-likeness (QED) is 0.288. The fraction of sp³-hybridized carbons (Fsp3) is 0.400. The molecule has 0 spiro atoms. The van der Waals surface area contributed by atoms with E-state index in [9.17, 15) is 4.79 Å². The minimum atomic E-state index is -0.416. The van der Waals surface area contributed by atoms with Crippen LogP contribution in [0.1, 0.15) is 23.2 Å². The van der Waals surface area contributed by atoms with Gasteiger partial charge < -0.3 is 16.3 Å². The molecule has 0 radical (unpaired) electrons. The molecule has 7 nitrogen and oxygen atoms in total. The molecule has 1 saturated carbocycles. The topological polar surface area (TPSA) is 113 Å². The second-order valence-electron chi connectivity index (χ2n) is 3.94. The molecule has 90 valence electrons. The van der Waals surface area contributed by atoms with Crippen LogP contribution in [0.5, 0.6) is 0 Å². The van der Waals surface area contributed by atoms with Crippen LogP contribution in [0.4, 0.5) is 0 Å². The number of rotatable bonds is 4. The maximum Gasteiger partial charge on any atom is 0.253 e. The van der Waals surface area contributed by atoms with Crippen molar-refractivity contribution in [3.8, 4) is 0 Å². The third-order valence-corrected chi connectivity index (χ3v) is 2.66. The first-order valence-corrected chi connectivity index (χ1v) is 5.27. The summed E-state index contributed by atoms with van der Waals surface area (Å²) in [6, 6.07) is 1.14. The highest BCUT2D eigenvalue weighted by Crippen LogP contribution is 2.32. The molecule has 1 aromatic rings. The third kappa shape index (κ3) is 2.68. The first-order valence-electron chi connectivity index (χ1n) is 5.27. The normalized spacial score (nSPS) is 17.5. The number of nitrogens with one attached hydrogen (secondary N) is 1. The molecule has 1 aliphatic rings. The lowest BCUT2D eigenvalue weighted by Gasteiger charge is -2.16. The molecular weight excluding hydrogens is 222 g/mol. The molecule has 0 aromatic carbocycles. The van der Waals surface area contributed by atoms with Crippen molar-refractivity contribution in [3.63, 3.8) is 0 Å². The number of carbonyl (C=O) groups is 1. The van der Waals surface area contributed by atoms with Crippen LogP contribution in [-0.2, 0) is 0 Å². The molecule has 0 aliphatic heterocycles. The number of nitrogens with two attached hydrogens (primary N) is 1. The Balaban J connectivity index is 2.06. The largest absolute Gasteiger partial charge is 0.409 e. The smallest absolute Gasteiger partial charge is 0.253 e. The lowest BCUT2D eigenvalue weighted by atomic mass is 10.1. The van der Waals surface area contributed by atoms with E-state index < -0.39 is 6.04 Å². The number of amidine groups is 1. The Morgan fingerprint density at radius 2 is 2.35 bits per heavy atom. The Kier molecular flexibility index (Phi) is 3.17. The number of carbonyl (C=O) groups excluding carboxylic acids is 1.